The van der Waals surface area contributed by atoms with Crippen molar-refractivity contribution in [1.82, 2.24) is 24.3 Å². The maximum atomic E-state index is 13.7. The van der Waals surface area contributed by atoms with Crippen LogP contribution in [0.4, 0.5) is 0 Å². The number of carbonyl (C=O) groups is 2. The van der Waals surface area contributed by atoms with Gasteiger partial charge in [0.2, 0.25) is 0 Å². The average molecular weight is 596 g/mol. The minimum absolute atomic E-state index is 0.143. The molecule has 1 atom stereocenters. The molecule has 0 saturated heterocycles. The lowest BCUT2D eigenvalue weighted by atomic mass is 10.0. The summed E-state index contributed by atoms with van der Waals surface area (Å²) in [6.07, 6.45) is 6.93. The summed E-state index contributed by atoms with van der Waals surface area (Å²) in [5.41, 5.74) is 3.59. The number of rotatable bonds is 15. The third-order valence-corrected chi connectivity index (χ3v) is 8.44. The van der Waals surface area contributed by atoms with E-state index in [1.165, 1.54) is 11.1 Å². The molecule has 3 aromatic heterocycles. The van der Waals surface area contributed by atoms with Crippen molar-refractivity contribution in [3.63, 3.8) is 0 Å². The Morgan fingerprint density at radius 3 is 2.43 bits per heavy atom. The molecular formula is C31H45N5O5Si. The summed E-state index contributed by atoms with van der Waals surface area (Å²) >= 11 is 0. The molecule has 0 fully saturated rings. The van der Waals surface area contributed by atoms with Crippen molar-refractivity contribution in [3.05, 3.63) is 59.7 Å². The van der Waals surface area contributed by atoms with Crippen molar-refractivity contribution in [2.75, 3.05) is 47.9 Å². The number of hydrogen-bond donors (Lipinski definition) is 1. The second-order valence-corrected chi connectivity index (χ2v) is 17.6. The molecule has 0 saturated carbocycles. The van der Waals surface area contributed by atoms with E-state index < -0.39 is 20.1 Å². The number of likely N-dealkylation sites (N-methyl/N-ethyl adjacent to an activating group) is 2. The van der Waals surface area contributed by atoms with E-state index in [0.29, 0.717) is 58.7 Å². The molecule has 0 radical (unpaired) electrons. The third kappa shape index (κ3) is 8.65. The highest BCUT2D eigenvalue weighted by Crippen LogP contribution is 2.31. The number of fused-ring (bicyclic) bond motifs is 1. The van der Waals surface area contributed by atoms with Gasteiger partial charge in [-0.15, -0.1) is 0 Å². The molecule has 3 heterocycles. The van der Waals surface area contributed by atoms with Crippen molar-refractivity contribution in [3.8, 4) is 11.1 Å². The van der Waals surface area contributed by atoms with E-state index in [1.54, 1.807) is 38.6 Å². The number of aliphatic hydroxyl groups excluding tert-OH is 1. The molecule has 0 bridgehead atoms. The van der Waals surface area contributed by atoms with Gasteiger partial charge >= 0.3 is 0 Å². The molecular weight excluding hydrogens is 550 g/mol. The Kier molecular flexibility index (Phi) is 11.7. The summed E-state index contributed by atoms with van der Waals surface area (Å²) in [7, 11) is 5.79. The first-order valence-corrected chi connectivity index (χ1v) is 17.9. The number of aromatic nitrogens is 3. The lowest BCUT2D eigenvalue weighted by molar-refractivity contribution is -0.137. The standard InChI is InChI=1S/C31H45N5O5Si/c1-9-40-20-26-28(27(37)11-10-12-34(2)3)25-16-23(19-33-30(25)36(26)21-41-13-14-42(6,7)8)22-15-24(18-32-17-22)29(38)31(39)35(4)5/h10-11,15-19,29,38H,9,12-14,20-21H2,1-8H3/b11-10+. The SMILES string of the molecule is CCOCc1c(C(=O)/C=C/CN(C)C)c2cc(-c3cncc(C(O)C(=O)N(C)C)c3)cnc2n1COCC[Si](C)(C)C. The van der Waals surface area contributed by atoms with Crippen LogP contribution in [0.1, 0.15) is 34.6 Å². The van der Waals surface area contributed by atoms with E-state index in [9.17, 15) is 14.7 Å². The Labute approximate surface area is 250 Å². The fourth-order valence-electron chi connectivity index (χ4n) is 4.34. The number of allylic oxidation sites excluding steroid dienone is 1. The lowest BCUT2D eigenvalue weighted by Gasteiger charge is -2.17. The Hall–Kier alpha value is -3.22. The van der Waals surface area contributed by atoms with Crippen LogP contribution in [-0.4, -0.2) is 97.2 Å². The Morgan fingerprint density at radius 2 is 1.79 bits per heavy atom. The summed E-state index contributed by atoms with van der Waals surface area (Å²) in [4.78, 5) is 38.4. The highest BCUT2D eigenvalue weighted by molar-refractivity contribution is 6.76. The fourth-order valence-corrected chi connectivity index (χ4v) is 5.09. The van der Waals surface area contributed by atoms with Crippen LogP contribution in [0.15, 0.2) is 42.9 Å². The summed E-state index contributed by atoms with van der Waals surface area (Å²) in [5.74, 6) is -0.582. The van der Waals surface area contributed by atoms with Crippen molar-refractivity contribution in [2.24, 2.45) is 0 Å². The van der Waals surface area contributed by atoms with Crippen LogP contribution >= 0.6 is 0 Å². The monoisotopic (exact) mass is 595 g/mol. The first kappa shape index (κ1) is 33.3. The van der Waals surface area contributed by atoms with Gasteiger partial charge in [0.15, 0.2) is 11.9 Å². The molecule has 1 unspecified atom stereocenters. The molecule has 3 rings (SSSR count). The smallest absolute Gasteiger partial charge is 0.255 e. The molecule has 0 aromatic carbocycles. The quantitative estimate of drug-likeness (QED) is 0.119. The molecule has 10 nitrogen and oxygen atoms in total. The number of carbonyl (C=O) groups excluding carboxylic acids is 2. The largest absolute Gasteiger partial charge is 0.378 e. The predicted molar refractivity (Wildman–Crippen MR) is 168 cm³/mol. The van der Waals surface area contributed by atoms with Gasteiger partial charge in [-0.05, 0) is 45.3 Å². The van der Waals surface area contributed by atoms with E-state index in [-0.39, 0.29) is 19.1 Å². The molecule has 0 aliphatic heterocycles. The fraction of sp³-hybridized carbons (Fsp3) is 0.484. The summed E-state index contributed by atoms with van der Waals surface area (Å²) in [5, 5.41) is 11.3. The molecule has 1 N–H and O–H groups in total. The lowest BCUT2D eigenvalue weighted by Crippen LogP contribution is -2.28. The Balaban J connectivity index is 2.14. The molecule has 0 aliphatic carbocycles. The van der Waals surface area contributed by atoms with Crippen LogP contribution in [0.5, 0.6) is 0 Å². The van der Waals surface area contributed by atoms with E-state index in [1.807, 2.05) is 42.6 Å². The number of ketones is 1. The minimum Gasteiger partial charge on any atom is -0.378 e. The van der Waals surface area contributed by atoms with E-state index in [2.05, 4.69) is 24.6 Å². The third-order valence-electron chi connectivity index (χ3n) is 6.74. The van der Waals surface area contributed by atoms with Gasteiger partial charge in [-0.2, -0.15) is 0 Å². The zero-order valence-corrected chi connectivity index (χ0v) is 27.2. The van der Waals surface area contributed by atoms with Crippen LogP contribution in [0.25, 0.3) is 22.2 Å². The van der Waals surface area contributed by atoms with Crippen molar-refractivity contribution < 1.29 is 24.2 Å². The summed E-state index contributed by atoms with van der Waals surface area (Å²) in [6.45, 7) is 11.1. The Bertz CT molecular complexity index is 1410. The zero-order valence-electron chi connectivity index (χ0n) is 26.2. The van der Waals surface area contributed by atoms with Crippen LogP contribution in [-0.2, 0) is 27.6 Å². The van der Waals surface area contributed by atoms with Gasteiger partial charge in [-0.25, -0.2) is 4.98 Å². The van der Waals surface area contributed by atoms with Gasteiger partial charge in [0.1, 0.15) is 12.4 Å². The summed E-state index contributed by atoms with van der Waals surface area (Å²) in [6, 6.07) is 4.65. The number of pyridine rings is 2. The zero-order chi connectivity index (χ0) is 31.0. The van der Waals surface area contributed by atoms with Gasteiger partial charge in [0, 0.05) is 82.6 Å². The summed E-state index contributed by atoms with van der Waals surface area (Å²) < 4.78 is 13.9. The first-order chi connectivity index (χ1) is 19.8. The van der Waals surface area contributed by atoms with Crippen molar-refractivity contribution >= 4 is 30.8 Å². The normalized spacial score (nSPS) is 12.9. The van der Waals surface area contributed by atoms with Crippen LogP contribution in [0.2, 0.25) is 25.7 Å². The number of nitrogens with zero attached hydrogens (tertiary/aromatic N) is 5. The van der Waals surface area contributed by atoms with Crippen LogP contribution < -0.4 is 0 Å². The van der Waals surface area contributed by atoms with E-state index in [0.717, 1.165) is 6.04 Å². The molecule has 42 heavy (non-hydrogen) atoms. The molecule has 228 valence electrons. The molecule has 1 amide bonds. The highest BCUT2D eigenvalue weighted by Gasteiger charge is 2.24. The van der Waals surface area contributed by atoms with Crippen LogP contribution in [0.3, 0.4) is 0 Å². The minimum atomic E-state index is -1.34. The van der Waals surface area contributed by atoms with Gasteiger partial charge in [0.25, 0.3) is 5.91 Å². The number of hydrogen-bond acceptors (Lipinski definition) is 8. The average Bonchev–Trinajstić information content (AvgIpc) is 3.24. The van der Waals surface area contributed by atoms with Gasteiger partial charge in [-0.1, -0.05) is 25.7 Å². The topological polar surface area (TPSA) is 110 Å². The number of amides is 1. The highest BCUT2D eigenvalue weighted by atomic mass is 28.3. The second-order valence-electron chi connectivity index (χ2n) is 12.0. The van der Waals surface area contributed by atoms with Crippen molar-refractivity contribution in [2.45, 2.75) is 52.1 Å². The number of ether oxygens (including phenoxy) is 2. The van der Waals surface area contributed by atoms with Gasteiger partial charge < -0.3 is 28.9 Å². The number of aliphatic hydroxyl groups is 1. The second kappa shape index (κ2) is 14.8. The van der Waals surface area contributed by atoms with Gasteiger partial charge in [0.05, 0.1) is 17.9 Å². The van der Waals surface area contributed by atoms with E-state index in [4.69, 9.17) is 14.5 Å². The van der Waals surface area contributed by atoms with Crippen molar-refractivity contribution in [1.29, 1.82) is 0 Å². The maximum absolute atomic E-state index is 13.7. The van der Waals surface area contributed by atoms with Crippen LogP contribution in [0, 0.1) is 0 Å². The molecule has 0 spiro atoms. The Morgan fingerprint density at radius 1 is 1.07 bits per heavy atom. The predicted octanol–water partition coefficient (Wildman–Crippen LogP) is 4.37. The molecule has 11 heteroatoms. The first-order valence-electron chi connectivity index (χ1n) is 14.2. The van der Waals surface area contributed by atoms with E-state index >= 15 is 0 Å². The molecule has 3 aromatic rings. The molecule has 0 aliphatic rings. The maximum Gasteiger partial charge on any atom is 0.255 e. The van der Waals surface area contributed by atoms with Gasteiger partial charge in [-0.3, -0.25) is 14.6 Å².